The van der Waals surface area contributed by atoms with Crippen molar-refractivity contribution in [1.29, 1.82) is 5.26 Å². The van der Waals surface area contributed by atoms with Crippen LogP contribution in [0.5, 0.6) is 5.75 Å². The Morgan fingerprint density at radius 3 is 2.88 bits per heavy atom. The summed E-state index contributed by atoms with van der Waals surface area (Å²) in [7, 11) is 1.41. The molecule has 2 fully saturated rings. The van der Waals surface area contributed by atoms with Crippen molar-refractivity contribution in [2.45, 2.75) is 45.3 Å². The lowest BCUT2D eigenvalue weighted by atomic mass is 9.92. The average Bonchev–Trinajstić information content (AvgIpc) is 3.41. The Morgan fingerprint density at radius 1 is 1.47 bits per heavy atom. The summed E-state index contributed by atoms with van der Waals surface area (Å²) in [6.45, 7) is 4.43. The molecule has 2 saturated heterocycles. The van der Waals surface area contributed by atoms with Crippen LogP contribution in [0.25, 0.3) is 10.9 Å². The molecule has 1 unspecified atom stereocenters. The molecule has 3 heterocycles. The maximum atomic E-state index is 15.1. The minimum Gasteiger partial charge on any atom is -0.610 e. The Bertz CT molecular complexity index is 1160. The van der Waals surface area contributed by atoms with Crippen LogP contribution in [0.1, 0.15) is 43.6 Å². The third-order valence-electron chi connectivity index (χ3n) is 6.60. The fourth-order valence-electron chi connectivity index (χ4n) is 5.05. The number of methoxy groups -OCH3 is 1. The molecule has 11 heteroatoms. The molecule has 0 radical (unpaired) electrons. The molecule has 0 saturated carbocycles. The summed E-state index contributed by atoms with van der Waals surface area (Å²) < 4.78 is 19.3. The quantitative estimate of drug-likeness (QED) is 0.359. The largest absolute Gasteiger partial charge is 0.610 e. The molecule has 4 atom stereocenters. The molecule has 2 aromatic rings. The number of hydroxylamine groups is 2. The highest BCUT2D eigenvalue weighted by Crippen LogP contribution is 2.37. The SMILES string of the molecule is COc1cccc2[nH]c(C(=O)N[C@@H]3CC(C)(C)C[N+]3([O-])N[C@H](C#N)C[C@@H]3CCNC3=O)c(F)c12. The number of quaternary nitrogens is 1. The molecule has 1 aromatic heterocycles. The summed E-state index contributed by atoms with van der Waals surface area (Å²) in [5.41, 5.74) is 2.47. The minimum atomic E-state index is -1.05. The lowest BCUT2D eigenvalue weighted by Gasteiger charge is -2.44. The van der Waals surface area contributed by atoms with Crippen LogP contribution >= 0.6 is 0 Å². The van der Waals surface area contributed by atoms with Gasteiger partial charge in [0, 0.05) is 24.3 Å². The van der Waals surface area contributed by atoms with E-state index in [4.69, 9.17) is 4.74 Å². The van der Waals surface area contributed by atoms with E-state index in [2.05, 4.69) is 27.1 Å². The number of benzene rings is 1. The van der Waals surface area contributed by atoms with Gasteiger partial charge in [0.05, 0.1) is 24.1 Å². The number of aromatic nitrogens is 1. The smallest absolute Gasteiger partial charge is 0.275 e. The van der Waals surface area contributed by atoms with Crippen molar-refractivity contribution in [1.82, 2.24) is 21.0 Å². The normalized spacial score (nSPS) is 26.8. The van der Waals surface area contributed by atoms with Crippen LogP contribution in [0.4, 0.5) is 4.39 Å². The molecule has 10 nitrogen and oxygen atoms in total. The van der Waals surface area contributed by atoms with Gasteiger partial charge in [0.2, 0.25) is 5.91 Å². The maximum Gasteiger partial charge on any atom is 0.275 e. The number of nitrogens with zero attached hydrogens (tertiary/aromatic N) is 2. The number of aromatic amines is 1. The zero-order valence-corrected chi connectivity index (χ0v) is 19.4. The number of nitrogens with one attached hydrogen (secondary N) is 4. The molecular formula is C23H29FN6O4. The molecule has 34 heavy (non-hydrogen) atoms. The second kappa shape index (κ2) is 8.87. The summed E-state index contributed by atoms with van der Waals surface area (Å²) in [4.78, 5) is 27.7. The first-order chi connectivity index (χ1) is 16.1. The van der Waals surface area contributed by atoms with Gasteiger partial charge < -0.3 is 20.2 Å². The van der Waals surface area contributed by atoms with Gasteiger partial charge in [-0.3, -0.25) is 19.7 Å². The van der Waals surface area contributed by atoms with Crippen LogP contribution in [0.3, 0.4) is 0 Å². The van der Waals surface area contributed by atoms with Crippen LogP contribution in [0.2, 0.25) is 0 Å². The highest BCUT2D eigenvalue weighted by Gasteiger charge is 2.49. The van der Waals surface area contributed by atoms with E-state index in [1.54, 1.807) is 18.2 Å². The van der Waals surface area contributed by atoms with Crippen molar-refractivity contribution in [3.05, 3.63) is 34.9 Å². The number of halogens is 1. The van der Waals surface area contributed by atoms with Crippen molar-refractivity contribution < 1.29 is 23.5 Å². The summed E-state index contributed by atoms with van der Waals surface area (Å²) >= 11 is 0. The van der Waals surface area contributed by atoms with E-state index < -0.39 is 34.1 Å². The van der Waals surface area contributed by atoms with E-state index in [0.29, 0.717) is 24.9 Å². The van der Waals surface area contributed by atoms with Gasteiger partial charge >= 0.3 is 0 Å². The van der Waals surface area contributed by atoms with Crippen molar-refractivity contribution >= 4 is 22.7 Å². The number of carbonyl (C=O) groups is 2. The van der Waals surface area contributed by atoms with Crippen LogP contribution < -0.4 is 20.8 Å². The van der Waals surface area contributed by atoms with Gasteiger partial charge in [-0.25, -0.2) is 4.39 Å². The summed E-state index contributed by atoms with van der Waals surface area (Å²) in [6, 6.07) is 6.09. The number of ether oxygens (including phenoxy) is 1. The van der Waals surface area contributed by atoms with E-state index in [0.717, 1.165) is 0 Å². The first kappa shape index (κ1) is 23.9. The summed E-state index contributed by atoms with van der Waals surface area (Å²) in [5, 5.41) is 29.0. The van der Waals surface area contributed by atoms with E-state index in [9.17, 15) is 20.1 Å². The predicted octanol–water partition coefficient (Wildman–Crippen LogP) is 2.04. The Kier molecular flexibility index (Phi) is 6.24. The van der Waals surface area contributed by atoms with Crippen molar-refractivity contribution in [2.75, 3.05) is 20.2 Å². The fraction of sp³-hybridized carbons (Fsp3) is 0.522. The number of H-pyrrole nitrogens is 1. The Labute approximate surface area is 196 Å². The Hall–Kier alpha value is -3.20. The Morgan fingerprint density at radius 2 is 2.24 bits per heavy atom. The first-order valence-corrected chi connectivity index (χ1v) is 11.3. The zero-order valence-electron chi connectivity index (χ0n) is 19.4. The van der Waals surface area contributed by atoms with Gasteiger partial charge in [0.1, 0.15) is 24.0 Å². The van der Waals surface area contributed by atoms with Gasteiger partial charge in [-0.15, -0.1) is 5.43 Å². The Balaban J connectivity index is 1.55. The minimum absolute atomic E-state index is 0.0933. The second-order valence-corrected chi connectivity index (χ2v) is 9.83. The van der Waals surface area contributed by atoms with Gasteiger partial charge in [0.25, 0.3) is 5.91 Å². The lowest BCUT2D eigenvalue weighted by Crippen LogP contribution is -2.65. The number of fused-ring (bicyclic) bond motifs is 1. The molecule has 0 spiro atoms. The number of rotatable bonds is 7. The highest BCUT2D eigenvalue weighted by molar-refractivity contribution is 6.00. The summed E-state index contributed by atoms with van der Waals surface area (Å²) in [5.74, 6) is -1.71. The summed E-state index contributed by atoms with van der Waals surface area (Å²) in [6.07, 6.45) is 0.167. The molecule has 0 bridgehead atoms. The topological polar surface area (TPSA) is 142 Å². The van der Waals surface area contributed by atoms with Gasteiger partial charge in [-0.1, -0.05) is 19.9 Å². The van der Waals surface area contributed by atoms with Crippen molar-refractivity contribution in [2.24, 2.45) is 11.3 Å². The second-order valence-electron chi connectivity index (χ2n) is 9.83. The van der Waals surface area contributed by atoms with Crippen LogP contribution in [0.15, 0.2) is 18.2 Å². The molecule has 2 amide bonds. The molecule has 4 N–H and O–H groups in total. The van der Waals surface area contributed by atoms with E-state index in [1.165, 1.54) is 7.11 Å². The standard InChI is InChI=1S/C23H29FN6O4/c1-23(2)10-17(30(33,12-23)29-14(11-25)9-13-7-8-26-21(13)31)28-22(32)20-19(24)18-15(27-20)5-4-6-16(18)34-3/h4-6,13-14,17,27,29H,7-10,12H2,1-3H3,(H,26,31)(H,28,32)/t13-,14-,17-,30?/m0/s1. The third kappa shape index (κ3) is 4.44. The number of hydrogen-bond donors (Lipinski definition) is 4. The van der Waals surface area contributed by atoms with E-state index >= 15 is 4.39 Å². The highest BCUT2D eigenvalue weighted by atomic mass is 19.1. The molecule has 4 rings (SSSR count). The molecule has 2 aliphatic heterocycles. The zero-order chi connectivity index (χ0) is 24.7. The van der Waals surface area contributed by atoms with Crippen molar-refractivity contribution in [3.8, 4) is 11.8 Å². The van der Waals surface area contributed by atoms with Gasteiger partial charge in [0.15, 0.2) is 12.0 Å². The van der Waals surface area contributed by atoms with E-state index in [1.807, 2.05) is 13.8 Å². The molecular weight excluding hydrogens is 443 g/mol. The lowest BCUT2D eigenvalue weighted by molar-refractivity contribution is -0.942. The number of nitriles is 1. The van der Waals surface area contributed by atoms with Crippen LogP contribution in [-0.4, -0.2) is 54.0 Å². The van der Waals surface area contributed by atoms with Crippen LogP contribution in [-0.2, 0) is 4.79 Å². The third-order valence-corrected chi connectivity index (χ3v) is 6.60. The number of hydrogen-bond acceptors (Lipinski definition) is 6. The maximum absolute atomic E-state index is 15.1. The first-order valence-electron chi connectivity index (χ1n) is 11.3. The monoisotopic (exact) mass is 472 g/mol. The number of amides is 2. The molecule has 182 valence electrons. The van der Waals surface area contributed by atoms with E-state index in [-0.39, 0.29) is 41.6 Å². The predicted molar refractivity (Wildman–Crippen MR) is 121 cm³/mol. The van der Waals surface area contributed by atoms with Gasteiger partial charge in [-0.2, -0.15) is 5.26 Å². The number of carbonyl (C=O) groups excluding carboxylic acids is 2. The molecule has 2 aliphatic rings. The average molecular weight is 473 g/mol. The van der Waals surface area contributed by atoms with Gasteiger partial charge in [-0.05, 0) is 25.0 Å². The van der Waals surface area contributed by atoms with Crippen molar-refractivity contribution in [3.63, 3.8) is 0 Å². The molecule has 1 aromatic carbocycles. The molecule has 0 aliphatic carbocycles. The fourth-order valence-corrected chi connectivity index (χ4v) is 5.05. The van der Waals surface area contributed by atoms with Crippen LogP contribution in [0, 0.1) is 33.7 Å².